The number of hydrogen-bond acceptors (Lipinski definition) is 3. The highest BCUT2D eigenvalue weighted by molar-refractivity contribution is 4.70. The molecule has 3 nitrogen and oxygen atoms in total. The number of nitrogens with zero attached hydrogens (tertiary/aromatic N) is 1. The van der Waals surface area contributed by atoms with Gasteiger partial charge in [0.05, 0.1) is 6.61 Å². The molecule has 1 N–H and O–H groups in total. The minimum absolute atomic E-state index is 0.623. The summed E-state index contributed by atoms with van der Waals surface area (Å²) in [4.78, 5) is 2.23. The Labute approximate surface area is 87.8 Å². The van der Waals surface area contributed by atoms with Gasteiger partial charge in [-0.15, -0.1) is 0 Å². The molecule has 0 aliphatic carbocycles. The maximum absolute atomic E-state index is 5.34. The van der Waals surface area contributed by atoms with Crippen molar-refractivity contribution < 1.29 is 4.74 Å². The third-order valence-electron chi connectivity index (χ3n) is 2.79. The molecule has 14 heavy (non-hydrogen) atoms. The normalized spacial score (nSPS) is 24.4. The summed E-state index contributed by atoms with van der Waals surface area (Å²) in [7, 11) is 4.25. The summed E-state index contributed by atoms with van der Waals surface area (Å²) in [5, 5.41) is 3.57. The summed E-state index contributed by atoms with van der Waals surface area (Å²) in [6, 6.07) is 0.623. The lowest BCUT2D eigenvalue weighted by Crippen LogP contribution is -2.33. The SMILES string of the molecule is CC(CCN(C)C)NCC1CCOC1. The van der Waals surface area contributed by atoms with Crippen molar-refractivity contribution in [2.24, 2.45) is 5.92 Å². The summed E-state index contributed by atoms with van der Waals surface area (Å²) < 4.78 is 5.34. The molecule has 2 atom stereocenters. The number of nitrogens with one attached hydrogen (secondary N) is 1. The minimum atomic E-state index is 0.623. The van der Waals surface area contributed by atoms with Crippen LogP contribution in [0.4, 0.5) is 0 Å². The van der Waals surface area contributed by atoms with Crippen LogP contribution in [0.25, 0.3) is 0 Å². The van der Waals surface area contributed by atoms with Crippen LogP contribution in [0.1, 0.15) is 19.8 Å². The van der Waals surface area contributed by atoms with E-state index >= 15 is 0 Å². The van der Waals surface area contributed by atoms with Crippen molar-refractivity contribution in [3.63, 3.8) is 0 Å². The predicted octanol–water partition coefficient (Wildman–Crippen LogP) is 0.953. The van der Waals surface area contributed by atoms with Crippen LogP contribution in [0, 0.1) is 5.92 Å². The van der Waals surface area contributed by atoms with Crippen LogP contribution < -0.4 is 5.32 Å². The number of ether oxygens (including phenoxy) is 1. The van der Waals surface area contributed by atoms with E-state index in [0.717, 1.165) is 32.2 Å². The molecule has 1 saturated heterocycles. The van der Waals surface area contributed by atoms with E-state index in [1.165, 1.54) is 12.8 Å². The quantitative estimate of drug-likeness (QED) is 0.691. The van der Waals surface area contributed by atoms with Gasteiger partial charge < -0.3 is 15.0 Å². The highest BCUT2D eigenvalue weighted by atomic mass is 16.5. The molecule has 1 rings (SSSR count). The van der Waals surface area contributed by atoms with E-state index in [9.17, 15) is 0 Å². The minimum Gasteiger partial charge on any atom is -0.381 e. The highest BCUT2D eigenvalue weighted by Crippen LogP contribution is 2.11. The van der Waals surface area contributed by atoms with Crippen molar-refractivity contribution in [3.8, 4) is 0 Å². The van der Waals surface area contributed by atoms with Gasteiger partial charge in [-0.3, -0.25) is 0 Å². The molecule has 1 aliphatic rings. The van der Waals surface area contributed by atoms with Gasteiger partial charge in [0.25, 0.3) is 0 Å². The van der Waals surface area contributed by atoms with Crippen molar-refractivity contribution in [1.82, 2.24) is 10.2 Å². The molecule has 2 unspecified atom stereocenters. The molecule has 0 saturated carbocycles. The first-order valence-electron chi connectivity index (χ1n) is 5.64. The van der Waals surface area contributed by atoms with Gasteiger partial charge in [-0.05, 0) is 46.3 Å². The number of hydrogen-bond donors (Lipinski definition) is 1. The third kappa shape index (κ3) is 4.94. The Balaban J connectivity index is 1.99. The molecule has 1 aliphatic heterocycles. The van der Waals surface area contributed by atoms with Gasteiger partial charge in [-0.1, -0.05) is 0 Å². The fourth-order valence-corrected chi connectivity index (χ4v) is 1.67. The molecule has 0 aromatic heterocycles. The Morgan fingerprint density at radius 2 is 2.29 bits per heavy atom. The average Bonchev–Trinajstić information content (AvgIpc) is 2.63. The van der Waals surface area contributed by atoms with Gasteiger partial charge in [0, 0.05) is 19.2 Å². The van der Waals surface area contributed by atoms with Crippen LogP contribution in [-0.4, -0.2) is 51.3 Å². The molecule has 0 amide bonds. The summed E-state index contributed by atoms with van der Waals surface area (Å²) in [5.41, 5.74) is 0. The van der Waals surface area contributed by atoms with Crippen LogP contribution in [0.5, 0.6) is 0 Å². The fraction of sp³-hybridized carbons (Fsp3) is 1.00. The lowest BCUT2D eigenvalue weighted by molar-refractivity contribution is 0.184. The first-order chi connectivity index (χ1) is 6.68. The molecule has 1 fully saturated rings. The van der Waals surface area contributed by atoms with Gasteiger partial charge in [0.1, 0.15) is 0 Å². The van der Waals surface area contributed by atoms with E-state index in [1.807, 2.05) is 0 Å². The van der Waals surface area contributed by atoms with Crippen LogP contribution in [0.15, 0.2) is 0 Å². The summed E-state index contributed by atoms with van der Waals surface area (Å²) in [6.45, 7) is 6.45. The van der Waals surface area contributed by atoms with Gasteiger partial charge in [-0.2, -0.15) is 0 Å². The third-order valence-corrected chi connectivity index (χ3v) is 2.79. The molecule has 0 spiro atoms. The Bertz CT molecular complexity index is 144. The standard InChI is InChI=1S/C11H24N2O/c1-10(4-6-13(2)3)12-8-11-5-7-14-9-11/h10-12H,4-9H2,1-3H3. The molecular weight excluding hydrogens is 176 g/mol. The van der Waals surface area contributed by atoms with Crippen LogP contribution in [0.2, 0.25) is 0 Å². The first-order valence-corrected chi connectivity index (χ1v) is 5.64. The zero-order chi connectivity index (χ0) is 10.4. The van der Waals surface area contributed by atoms with Crippen molar-refractivity contribution in [3.05, 3.63) is 0 Å². The summed E-state index contributed by atoms with van der Waals surface area (Å²) >= 11 is 0. The second kappa shape index (κ2) is 6.38. The smallest absolute Gasteiger partial charge is 0.0507 e. The van der Waals surface area contributed by atoms with Crippen LogP contribution in [-0.2, 0) is 4.74 Å². The monoisotopic (exact) mass is 200 g/mol. The Morgan fingerprint density at radius 1 is 1.50 bits per heavy atom. The van der Waals surface area contributed by atoms with E-state index in [1.54, 1.807) is 0 Å². The van der Waals surface area contributed by atoms with E-state index < -0.39 is 0 Å². The van der Waals surface area contributed by atoms with Crippen LogP contribution >= 0.6 is 0 Å². The zero-order valence-electron chi connectivity index (χ0n) is 9.75. The van der Waals surface area contributed by atoms with Crippen molar-refractivity contribution >= 4 is 0 Å². The van der Waals surface area contributed by atoms with Crippen molar-refractivity contribution in [1.29, 1.82) is 0 Å². The van der Waals surface area contributed by atoms with Crippen molar-refractivity contribution in [2.45, 2.75) is 25.8 Å². The first kappa shape index (κ1) is 12.0. The maximum Gasteiger partial charge on any atom is 0.0507 e. The largest absolute Gasteiger partial charge is 0.381 e. The Hall–Kier alpha value is -0.120. The highest BCUT2D eigenvalue weighted by Gasteiger charge is 2.15. The zero-order valence-corrected chi connectivity index (χ0v) is 9.75. The molecule has 0 aromatic carbocycles. The topological polar surface area (TPSA) is 24.5 Å². The molecule has 1 heterocycles. The average molecular weight is 200 g/mol. The van der Waals surface area contributed by atoms with Gasteiger partial charge in [-0.25, -0.2) is 0 Å². The molecule has 0 radical (unpaired) electrons. The Morgan fingerprint density at radius 3 is 2.86 bits per heavy atom. The summed E-state index contributed by atoms with van der Waals surface area (Å²) in [5.74, 6) is 0.747. The van der Waals surface area contributed by atoms with E-state index in [4.69, 9.17) is 4.74 Å². The molecule has 0 aromatic rings. The van der Waals surface area contributed by atoms with E-state index in [2.05, 4.69) is 31.2 Å². The number of rotatable bonds is 6. The molecular formula is C11H24N2O. The van der Waals surface area contributed by atoms with Gasteiger partial charge in [0.15, 0.2) is 0 Å². The van der Waals surface area contributed by atoms with Gasteiger partial charge >= 0.3 is 0 Å². The Kier molecular flexibility index (Phi) is 5.45. The molecule has 0 bridgehead atoms. The van der Waals surface area contributed by atoms with Crippen LogP contribution in [0.3, 0.4) is 0 Å². The molecule has 84 valence electrons. The second-order valence-electron chi connectivity index (χ2n) is 4.63. The van der Waals surface area contributed by atoms with Crippen molar-refractivity contribution in [2.75, 3.05) is 40.4 Å². The van der Waals surface area contributed by atoms with E-state index in [0.29, 0.717) is 6.04 Å². The maximum atomic E-state index is 5.34. The predicted molar refractivity (Wildman–Crippen MR) is 59.6 cm³/mol. The lowest BCUT2D eigenvalue weighted by Gasteiger charge is -2.18. The summed E-state index contributed by atoms with van der Waals surface area (Å²) in [6.07, 6.45) is 2.45. The van der Waals surface area contributed by atoms with Gasteiger partial charge in [0.2, 0.25) is 0 Å². The molecule has 3 heteroatoms. The lowest BCUT2D eigenvalue weighted by atomic mass is 10.1. The van der Waals surface area contributed by atoms with E-state index in [-0.39, 0.29) is 0 Å². The second-order valence-corrected chi connectivity index (χ2v) is 4.63. The fourth-order valence-electron chi connectivity index (χ4n) is 1.67.